The minimum atomic E-state index is -0.236. The Balaban J connectivity index is 1.43. The highest BCUT2D eigenvalue weighted by atomic mass is 35.5. The van der Waals surface area contributed by atoms with Crippen molar-refractivity contribution < 1.29 is 9.13 Å². The summed E-state index contributed by atoms with van der Waals surface area (Å²) in [5.74, 6) is 1.31. The number of methoxy groups -OCH3 is 1. The fraction of sp³-hybridized carbons (Fsp3) is 0.269. The fourth-order valence-electron chi connectivity index (χ4n) is 4.55. The van der Waals surface area contributed by atoms with Crippen molar-refractivity contribution in [3.63, 3.8) is 0 Å². The maximum atomic E-state index is 14.4. The number of hydrogen-bond acceptors (Lipinski definition) is 6. The van der Waals surface area contributed by atoms with E-state index in [1.165, 1.54) is 6.07 Å². The van der Waals surface area contributed by atoms with Crippen LogP contribution in [0.4, 0.5) is 10.1 Å². The molecule has 1 aliphatic rings. The van der Waals surface area contributed by atoms with Gasteiger partial charge in [-0.2, -0.15) is 0 Å². The number of tetrazole rings is 1. The molecule has 7 nitrogen and oxygen atoms in total. The Morgan fingerprint density at radius 1 is 0.943 bits per heavy atom. The Hall–Kier alpha value is -3.49. The molecule has 0 N–H and O–H groups in total. The summed E-state index contributed by atoms with van der Waals surface area (Å²) < 4.78 is 21.5. The number of hydrogen-bond donors (Lipinski definition) is 0. The number of nitrogens with zero attached hydrogens (tertiary/aromatic N) is 6. The molecule has 35 heavy (non-hydrogen) atoms. The van der Waals surface area contributed by atoms with Gasteiger partial charge in [-0.05, 0) is 51.9 Å². The molecule has 2 heterocycles. The van der Waals surface area contributed by atoms with E-state index in [9.17, 15) is 4.39 Å². The molecule has 0 unspecified atom stereocenters. The van der Waals surface area contributed by atoms with Gasteiger partial charge in [0.15, 0.2) is 5.82 Å². The number of anilines is 1. The summed E-state index contributed by atoms with van der Waals surface area (Å²) in [6.07, 6.45) is 0. The molecular weight excluding hydrogens is 467 g/mol. The summed E-state index contributed by atoms with van der Waals surface area (Å²) in [5, 5.41) is 13.4. The molecule has 180 valence electrons. The lowest BCUT2D eigenvalue weighted by Gasteiger charge is -2.40. The highest BCUT2D eigenvalue weighted by molar-refractivity contribution is 6.31. The molecule has 0 bridgehead atoms. The van der Waals surface area contributed by atoms with Gasteiger partial charge in [-0.15, -0.1) is 5.10 Å². The Labute approximate surface area is 208 Å². The molecule has 1 atom stereocenters. The van der Waals surface area contributed by atoms with E-state index in [1.54, 1.807) is 13.2 Å². The molecule has 4 aromatic rings. The molecule has 1 aliphatic heterocycles. The van der Waals surface area contributed by atoms with E-state index < -0.39 is 0 Å². The van der Waals surface area contributed by atoms with Gasteiger partial charge in [0.05, 0.1) is 25.4 Å². The number of benzene rings is 3. The summed E-state index contributed by atoms with van der Waals surface area (Å²) in [7, 11) is 1.65. The summed E-state index contributed by atoms with van der Waals surface area (Å²) in [5.41, 5.74) is 2.63. The maximum Gasteiger partial charge on any atom is 0.173 e. The molecule has 1 fully saturated rings. The Morgan fingerprint density at radius 3 is 2.37 bits per heavy atom. The normalized spacial score (nSPS) is 15.2. The molecule has 0 aliphatic carbocycles. The molecular formula is C26H26ClFN6O. The number of piperazine rings is 1. The van der Waals surface area contributed by atoms with Crippen molar-refractivity contribution in [2.24, 2.45) is 0 Å². The van der Waals surface area contributed by atoms with Crippen LogP contribution in [0.3, 0.4) is 0 Å². The zero-order valence-corrected chi connectivity index (χ0v) is 20.1. The highest BCUT2D eigenvalue weighted by Crippen LogP contribution is 2.33. The fourth-order valence-corrected chi connectivity index (χ4v) is 4.79. The second kappa shape index (κ2) is 10.4. The van der Waals surface area contributed by atoms with Crippen LogP contribution in [0.15, 0.2) is 72.8 Å². The lowest BCUT2D eigenvalue weighted by molar-refractivity contribution is 0.201. The van der Waals surface area contributed by atoms with Crippen LogP contribution in [0, 0.1) is 5.82 Å². The van der Waals surface area contributed by atoms with Gasteiger partial charge in [-0.1, -0.05) is 54.1 Å². The average molecular weight is 493 g/mol. The summed E-state index contributed by atoms with van der Waals surface area (Å²) in [6.45, 7) is 3.30. The number of para-hydroxylation sites is 1. The van der Waals surface area contributed by atoms with Gasteiger partial charge in [0, 0.05) is 31.2 Å². The zero-order chi connectivity index (χ0) is 24.2. The summed E-state index contributed by atoms with van der Waals surface area (Å²) in [6, 6.07) is 22.3. The predicted octanol–water partition coefficient (Wildman–Crippen LogP) is 4.43. The standard InChI is InChI=1S/C26H26ClFN6O/c1-35-20-12-10-19(11-13-20)18-34-26(29-30-31-34)25(21-6-2-3-7-22(21)27)33-16-14-32(15-17-33)24-9-5-4-8-23(24)28/h2-13,25H,14-18H2,1H3/t25-/m1/s1. The second-order valence-electron chi connectivity index (χ2n) is 8.44. The van der Waals surface area contributed by atoms with Gasteiger partial charge >= 0.3 is 0 Å². The number of halogens is 2. The number of aromatic nitrogens is 4. The van der Waals surface area contributed by atoms with E-state index in [-0.39, 0.29) is 11.9 Å². The summed E-state index contributed by atoms with van der Waals surface area (Å²) >= 11 is 6.67. The molecule has 0 saturated carbocycles. The third-order valence-corrected chi connectivity index (χ3v) is 6.71. The molecule has 0 spiro atoms. The van der Waals surface area contributed by atoms with E-state index in [1.807, 2.05) is 65.3 Å². The van der Waals surface area contributed by atoms with E-state index in [0.29, 0.717) is 49.3 Å². The molecule has 1 saturated heterocycles. The third kappa shape index (κ3) is 4.99. The van der Waals surface area contributed by atoms with Crippen LogP contribution in [-0.2, 0) is 6.54 Å². The minimum absolute atomic E-state index is 0.202. The molecule has 5 rings (SSSR count). The first kappa shape index (κ1) is 23.3. The largest absolute Gasteiger partial charge is 0.497 e. The predicted molar refractivity (Wildman–Crippen MR) is 133 cm³/mol. The van der Waals surface area contributed by atoms with E-state index in [2.05, 4.69) is 25.3 Å². The monoisotopic (exact) mass is 492 g/mol. The minimum Gasteiger partial charge on any atom is -0.497 e. The van der Waals surface area contributed by atoms with Crippen molar-refractivity contribution in [3.05, 3.63) is 101 Å². The molecule has 0 radical (unpaired) electrons. The first-order chi connectivity index (χ1) is 17.1. The molecule has 1 aromatic heterocycles. The van der Waals surface area contributed by atoms with Crippen molar-refractivity contribution in [2.45, 2.75) is 12.6 Å². The van der Waals surface area contributed by atoms with Crippen molar-refractivity contribution in [1.29, 1.82) is 0 Å². The first-order valence-corrected chi connectivity index (χ1v) is 11.9. The van der Waals surface area contributed by atoms with Gasteiger partial charge in [0.2, 0.25) is 0 Å². The van der Waals surface area contributed by atoms with Crippen molar-refractivity contribution >= 4 is 17.3 Å². The van der Waals surface area contributed by atoms with E-state index >= 15 is 0 Å². The van der Waals surface area contributed by atoms with Crippen LogP contribution >= 0.6 is 11.6 Å². The van der Waals surface area contributed by atoms with Crippen LogP contribution < -0.4 is 9.64 Å². The lowest BCUT2D eigenvalue weighted by atomic mass is 10.0. The van der Waals surface area contributed by atoms with Crippen LogP contribution in [-0.4, -0.2) is 58.4 Å². The zero-order valence-electron chi connectivity index (χ0n) is 19.4. The van der Waals surface area contributed by atoms with Crippen molar-refractivity contribution in [2.75, 3.05) is 38.2 Å². The average Bonchev–Trinajstić information content (AvgIpc) is 3.34. The Kier molecular flexibility index (Phi) is 6.92. The van der Waals surface area contributed by atoms with E-state index in [4.69, 9.17) is 16.3 Å². The van der Waals surface area contributed by atoms with Crippen LogP contribution in [0.1, 0.15) is 23.0 Å². The van der Waals surface area contributed by atoms with Crippen LogP contribution in [0.5, 0.6) is 5.75 Å². The smallest absolute Gasteiger partial charge is 0.173 e. The molecule has 0 amide bonds. The first-order valence-electron chi connectivity index (χ1n) is 11.5. The summed E-state index contributed by atoms with van der Waals surface area (Å²) in [4.78, 5) is 4.39. The van der Waals surface area contributed by atoms with Gasteiger partial charge in [-0.3, -0.25) is 4.90 Å². The van der Waals surface area contributed by atoms with E-state index in [0.717, 1.165) is 16.9 Å². The second-order valence-corrected chi connectivity index (χ2v) is 8.85. The Morgan fingerprint density at radius 2 is 1.66 bits per heavy atom. The van der Waals surface area contributed by atoms with Crippen molar-refractivity contribution in [3.8, 4) is 5.75 Å². The molecule has 3 aromatic carbocycles. The third-order valence-electron chi connectivity index (χ3n) is 6.37. The van der Waals surface area contributed by atoms with Crippen LogP contribution in [0.2, 0.25) is 5.02 Å². The quantitative estimate of drug-likeness (QED) is 0.380. The maximum absolute atomic E-state index is 14.4. The van der Waals surface area contributed by atoms with Gasteiger partial charge < -0.3 is 9.64 Å². The Bertz CT molecular complexity index is 1270. The van der Waals surface area contributed by atoms with Gasteiger partial charge in [0.25, 0.3) is 0 Å². The van der Waals surface area contributed by atoms with Crippen LogP contribution in [0.25, 0.3) is 0 Å². The SMILES string of the molecule is COc1ccc(Cn2nnnc2[C@@H](c2ccccc2Cl)N2CCN(c3ccccc3F)CC2)cc1. The topological polar surface area (TPSA) is 59.3 Å². The lowest BCUT2D eigenvalue weighted by Crippen LogP contribution is -2.48. The molecule has 9 heteroatoms. The van der Waals surface area contributed by atoms with Crippen molar-refractivity contribution in [1.82, 2.24) is 25.1 Å². The van der Waals surface area contributed by atoms with Gasteiger partial charge in [0.1, 0.15) is 11.6 Å². The highest BCUT2D eigenvalue weighted by Gasteiger charge is 2.32. The van der Waals surface area contributed by atoms with Gasteiger partial charge in [-0.25, -0.2) is 9.07 Å². The number of rotatable bonds is 7. The number of ether oxygens (including phenoxy) is 1.